The maximum Gasteiger partial charge on any atom is 0.341 e. The van der Waals surface area contributed by atoms with Gasteiger partial charge in [0, 0.05) is 40.9 Å². The number of rotatable bonds is 6. The van der Waals surface area contributed by atoms with Crippen LogP contribution in [-0.4, -0.2) is 58.9 Å². The lowest BCUT2D eigenvalue weighted by atomic mass is 9.35. The number of ketones is 4. The molecule has 6 saturated carbocycles. The summed E-state index contributed by atoms with van der Waals surface area (Å²) in [5.41, 5.74) is -1.96. The highest BCUT2D eigenvalue weighted by Crippen LogP contribution is 2.76. The van der Waals surface area contributed by atoms with Gasteiger partial charge >= 0.3 is 11.9 Å². The average Bonchev–Trinajstić information content (AvgIpc) is 3.97. The van der Waals surface area contributed by atoms with Crippen molar-refractivity contribution in [2.45, 2.75) is 185 Å². The van der Waals surface area contributed by atoms with Crippen LogP contribution in [0.4, 0.5) is 0 Å². The van der Waals surface area contributed by atoms with Crippen molar-refractivity contribution in [1.82, 2.24) is 10.1 Å². The monoisotopic (exact) mass is 1040 g/mol. The number of carbonyl (C=O) groups is 6. The van der Waals surface area contributed by atoms with Gasteiger partial charge in [-0.05, 0) is 158 Å². The Balaban J connectivity index is 0.847. The molecule has 1 aromatic heterocycles. The van der Waals surface area contributed by atoms with Crippen molar-refractivity contribution in [3.8, 4) is 6.07 Å². The Kier molecular flexibility index (Phi) is 11.8. The van der Waals surface area contributed by atoms with Crippen LogP contribution in [-0.2, 0) is 50.1 Å². The molecular weight excluding hydrogens is 955 g/mol. The second kappa shape index (κ2) is 16.9. The molecule has 16 atom stereocenters. The first-order chi connectivity index (χ1) is 35.5. The quantitative estimate of drug-likeness (QED) is 0.194. The molecule has 12 heteroatoms. The molecule has 0 aromatic carbocycles. The zero-order chi connectivity index (χ0) is 54.9. The number of hydrogen-bond acceptors (Lipinski definition) is 12. The van der Waals surface area contributed by atoms with Crippen molar-refractivity contribution in [3.63, 3.8) is 0 Å². The van der Waals surface area contributed by atoms with Gasteiger partial charge in [0.15, 0.2) is 29.0 Å². The number of nitriles is 1. The van der Waals surface area contributed by atoms with Crippen molar-refractivity contribution in [1.29, 1.82) is 5.26 Å². The molecule has 76 heavy (non-hydrogen) atoms. The largest absolute Gasteiger partial charge is 0.469 e. The minimum absolute atomic E-state index is 0.0160. The summed E-state index contributed by atoms with van der Waals surface area (Å²) < 4.78 is 17.8. The third kappa shape index (κ3) is 6.89. The Bertz CT molecular complexity index is 2950. The van der Waals surface area contributed by atoms with E-state index in [0.29, 0.717) is 31.0 Å². The summed E-state index contributed by atoms with van der Waals surface area (Å²) in [7, 11) is 1.47. The average molecular weight is 1040 g/mol. The molecule has 10 aliphatic carbocycles. The molecule has 1 heterocycles. The van der Waals surface area contributed by atoms with E-state index in [4.69, 9.17) is 19.0 Å². The molecule has 0 radical (unpaired) electrons. The van der Waals surface area contributed by atoms with Gasteiger partial charge in [0.25, 0.3) is 0 Å². The highest BCUT2D eigenvalue weighted by atomic mass is 16.5. The van der Waals surface area contributed by atoms with Gasteiger partial charge in [-0.15, -0.1) is 0 Å². The first-order valence-corrected chi connectivity index (χ1v) is 29.0. The van der Waals surface area contributed by atoms with Gasteiger partial charge in [-0.25, -0.2) is 4.79 Å². The fraction of sp³-hybridized carbons (Fsp3) is 0.734. The lowest BCUT2D eigenvalue weighted by Gasteiger charge is -2.68. The highest BCUT2D eigenvalue weighted by Gasteiger charge is 2.72. The number of hydrogen-bond donors (Lipinski definition) is 0. The van der Waals surface area contributed by atoms with E-state index in [-0.39, 0.29) is 111 Å². The second-order valence-corrected chi connectivity index (χ2v) is 29.4. The topological polar surface area (TPSA) is 184 Å². The minimum atomic E-state index is -0.761. The first-order valence-electron chi connectivity index (χ1n) is 29.0. The molecule has 11 rings (SSSR count). The molecule has 6 fully saturated rings. The predicted molar refractivity (Wildman–Crippen MR) is 283 cm³/mol. The normalized spacial score (nSPS) is 45.7. The van der Waals surface area contributed by atoms with Gasteiger partial charge in [0.1, 0.15) is 6.07 Å². The maximum absolute atomic E-state index is 15.1. The van der Waals surface area contributed by atoms with Crippen LogP contribution in [0.3, 0.4) is 0 Å². The number of esters is 2. The van der Waals surface area contributed by atoms with Crippen LogP contribution in [0.25, 0.3) is 0 Å². The van der Waals surface area contributed by atoms with Crippen LogP contribution >= 0.6 is 0 Å². The Morgan fingerprint density at radius 1 is 0.671 bits per heavy atom. The number of methoxy groups -OCH3 is 1. The van der Waals surface area contributed by atoms with E-state index in [9.17, 15) is 29.2 Å². The van der Waals surface area contributed by atoms with Gasteiger partial charge in [-0.2, -0.15) is 10.2 Å². The van der Waals surface area contributed by atoms with Gasteiger partial charge in [-0.3, -0.25) is 24.0 Å². The van der Waals surface area contributed by atoms with Crippen molar-refractivity contribution in [3.05, 3.63) is 58.3 Å². The second-order valence-electron chi connectivity index (χ2n) is 29.4. The maximum atomic E-state index is 15.1. The highest BCUT2D eigenvalue weighted by molar-refractivity contribution is 6.19. The Morgan fingerprint density at radius 3 is 1.78 bits per heavy atom. The first kappa shape index (κ1) is 53.2. The predicted octanol–water partition coefficient (Wildman–Crippen LogP) is 11.7. The zero-order valence-electron chi connectivity index (χ0n) is 47.8. The van der Waals surface area contributed by atoms with Crippen molar-refractivity contribution >= 4 is 35.1 Å². The number of aromatic nitrogens is 2. The van der Waals surface area contributed by atoms with E-state index < -0.39 is 49.8 Å². The standard InChI is InChI=1S/C64H83N3O9/c1-35-39-14-17-59(9)45(57(39,7)30-37(34-65)50(35)70)28-43(68)48-41-32-55(3,4)19-23-63(41,25-21-61(48,59)11)53-66-47(67-76-53)16-27-75-52(72)38-31-58(8)40(36(2)51(38)71)15-18-60(10)46(58)29-44(69)49-42-33-56(5,6)20-24-64(42,54(73)74-13)26-22-62(49,60)12/h28-31,35-36,39-42,48-49H,14-27,32-33H2,1-13H3. The summed E-state index contributed by atoms with van der Waals surface area (Å²) in [5.74, 6) is -1.88. The molecule has 16 unspecified atom stereocenters. The molecule has 0 aliphatic heterocycles. The molecule has 0 amide bonds. The molecule has 12 nitrogen and oxygen atoms in total. The Labute approximate surface area is 450 Å². The van der Waals surface area contributed by atoms with E-state index in [1.807, 2.05) is 38.2 Å². The van der Waals surface area contributed by atoms with Crippen molar-refractivity contribution in [2.24, 2.45) is 96.1 Å². The van der Waals surface area contributed by atoms with E-state index in [2.05, 4.69) is 80.5 Å². The number of Topliss-reactive ketones (excluding diaryl/α,β-unsaturated/α-hetero) is 2. The van der Waals surface area contributed by atoms with Crippen LogP contribution in [0, 0.1) is 107 Å². The van der Waals surface area contributed by atoms with Crippen LogP contribution in [0.2, 0.25) is 0 Å². The molecule has 0 bridgehead atoms. The summed E-state index contributed by atoms with van der Waals surface area (Å²) in [6.07, 6.45) is 18.8. The summed E-state index contributed by atoms with van der Waals surface area (Å²) in [5, 5.41) is 14.6. The number of carbonyl (C=O) groups excluding carboxylic acids is 6. The van der Waals surface area contributed by atoms with Crippen LogP contribution in [0.5, 0.6) is 0 Å². The SMILES string of the molecule is COC(=O)C12CCC(C)(C)CC1C1C(=O)C=C3C4(C)C=C(C(=O)OCCc5noc(C67CCC(C)(C)CC6C6C(=O)C=C8C9(C)C=C(C#N)C(=O)C(C)C9CCC8(C)C6(C)CC7)n5)C(=O)C(C)C4CCC3(C)C1(C)CC2. The van der Waals surface area contributed by atoms with Gasteiger partial charge in [-0.1, -0.05) is 112 Å². The van der Waals surface area contributed by atoms with Gasteiger partial charge in [0.2, 0.25) is 5.89 Å². The third-order valence-corrected chi connectivity index (χ3v) is 25.2. The Morgan fingerprint density at radius 2 is 1.18 bits per heavy atom. The Hall–Kier alpha value is -4.79. The smallest absolute Gasteiger partial charge is 0.341 e. The number of fused-ring (bicyclic) bond motifs is 14. The molecule has 1 aromatic rings. The van der Waals surface area contributed by atoms with E-state index >= 15 is 4.79 Å². The van der Waals surface area contributed by atoms with E-state index in [0.717, 1.165) is 81.8 Å². The summed E-state index contributed by atoms with van der Waals surface area (Å²) in [6, 6.07) is 2.19. The summed E-state index contributed by atoms with van der Waals surface area (Å²) in [4.78, 5) is 90.9. The fourth-order valence-corrected chi connectivity index (χ4v) is 20.4. The summed E-state index contributed by atoms with van der Waals surface area (Å²) >= 11 is 0. The van der Waals surface area contributed by atoms with Crippen molar-refractivity contribution in [2.75, 3.05) is 13.7 Å². The minimum Gasteiger partial charge on any atom is -0.469 e. The molecule has 10 aliphatic rings. The van der Waals surface area contributed by atoms with E-state index in [1.54, 1.807) is 0 Å². The van der Waals surface area contributed by atoms with Crippen molar-refractivity contribution < 1.29 is 42.8 Å². The molecule has 0 spiro atoms. The lowest BCUT2D eigenvalue weighted by Crippen LogP contribution is -2.65. The molecule has 0 saturated heterocycles. The third-order valence-electron chi connectivity index (χ3n) is 25.2. The molecule has 0 N–H and O–H groups in total. The van der Waals surface area contributed by atoms with E-state index in [1.165, 1.54) is 7.11 Å². The van der Waals surface area contributed by atoms with Gasteiger partial charge in [0.05, 0.1) is 35.7 Å². The summed E-state index contributed by atoms with van der Waals surface area (Å²) in [6.45, 7) is 26.4. The number of nitrogens with zero attached hydrogens (tertiary/aromatic N) is 3. The van der Waals surface area contributed by atoms with Crippen LogP contribution < -0.4 is 0 Å². The van der Waals surface area contributed by atoms with Gasteiger partial charge < -0.3 is 14.0 Å². The number of allylic oxidation sites excluding steroid dienone is 7. The van der Waals surface area contributed by atoms with Crippen LogP contribution in [0.15, 0.2) is 51.1 Å². The fourth-order valence-electron chi connectivity index (χ4n) is 20.4. The van der Waals surface area contributed by atoms with Crippen LogP contribution in [0.1, 0.15) is 185 Å². The number of ether oxygens (including phenoxy) is 2. The lowest BCUT2D eigenvalue weighted by molar-refractivity contribution is -0.190. The molecular formula is C64H83N3O9. The molecule has 408 valence electrons. The zero-order valence-corrected chi connectivity index (χ0v) is 47.8.